The second-order valence-corrected chi connectivity index (χ2v) is 15.0. The second-order valence-electron chi connectivity index (χ2n) is 15.0. The lowest BCUT2D eigenvalue weighted by Gasteiger charge is -2.34. The maximum atomic E-state index is 14.5. The lowest BCUT2D eigenvalue weighted by molar-refractivity contribution is -0.109. The summed E-state index contributed by atoms with van der Waals surface area (Å²) in [5.74, 6) is -0.339. The number of hydrogen-bond donors (Lipinski definition) is 4. The number of nitrogens with zero attached hydrogens (tertiary/aromatic N) is 1. The first-order chi connectivity index (χ1) is 27.5. The Morgan fingerprint density at radius 1 is 0.589 bits per heavy atom. The van der Waals surface area contributed by atoms with Gasteiger partial charge in [-0.3, -0.25) is 4.79 Å². The minimum atomic E-state index is -0.910. The summed E-state index contributed by atoms with van der Waals surface area (Å²) in [6.07, 6.45) is 0. The number of rotatable bonds is 3. The zero-order valence-corrected chi connectivity index (χ0v) is 30.0. The number of nitrogens with two attached hydrogens (primary N) is 1. The Morgan fingerprint density at radius 2 is 1.18 bits per heavy atom. The number of aliphatic hydroxyl groups excluding tert-OH is 1. The Hall–Kier alpha value is -7.44. The van der Waals surface area contributed by atoms with E-state index < -0.39 is 5.66 Å². The number of nitrogen functional groups attached to an aromatic ring is 1. The van der Waals surface area contributed by atoms with Gasteiger partial charge in [-0.25, -0.2) is 4.99 Å². The van der Waals surface area contributed by atoms with Crippen LogP contribution in [0, 0.1) is 0 Å². The Balaban J connectivity index is 1.04. The van der Waals surface area contributed by atoms with Crippen molar-refractivity contribution >= 4 is 55.5 Å². The van der Waals surface area contributed by atoms with E-state index in [0.29, 0.717) is 21.8 Å². The van der Waals surface area contributed by atoms with Crippen LogP contribution in [0.15, 0.2) is 168 Å². The van der Waals surface area contributed by atoms with E-state index >= 15 is 0 Å². The summed E-state index contributed by atoms with van der Waals surface area (Å²) in [5.41, 5.74) is 18.5. The molecule has 6 nitrogen and oxygen atoms in total. The molecule has 0 aromatic heterocycles. The topological polar surface area (TPSA) is 99.7 Å². The summed E-state index contributed by atoms with van der Waals surface area (Å²) in [6.45, 7) is 0. The van der Waals surface area contributed by atoms with E-state index in [0.717, 1.165) is 55.2 Å². The molecule has 264 valence electrons. The molecule has 8 aromatic carbocycles. The molecule has 0 fully saturated rings. The van der Waals surface area contributed by atoms with Crippen molar-refractivity contribution in [3.05, 3.63) is 202 Å². The van der Waals surface area contributed by atoms with Crippen LogP contribution in [0.2, 0.25) is 0 Å². The maximum absolute atomic E-state index is 14.5. The number of carbonyl (C=O) groups excluding carboxylic acids is 1. The zero-order chi connectivity index (χ0) is 37.3. The Morgan fingerprint density at radius 3 is 1.86 bits per heavy atom. The lowest BCUT2D eigenvalue weighted by atomic mass is 9.80. The first kappa shape index (κ1) is 31.0. The van der Waals surface area contributed by atoms with Gasteiger partial charge in [-0.05, 0) is 56.3 Å². The second kappa shape index (κ2) is 11.1. The van der Waals surface area contributed by atoms with Crippen molar-refractivity contribution < 1.29 is 9.90 Å². The molecule has 0 saturated carbocycles. The van der Waals surface area contributed by atoms with Gasteiger partial charge in [0.2, 0.25) is 5.78 Å². The molecule has 4 aliphatic rings. The summed E-state index contributed by atoms with van der Waals surface area (Å²) in [6, 6.07) is 53.5. The van der Waals surface area contributed by atoms with Gasteiger partial charge in [0.1, 0.15) is 5.76 Å². The third-order valence-electron chi connectivity index (χ3n) is 12.2. The van der Waals surface area contributed by atoms with Crippen LogP contribution in [0.3, 0.4) is 0 Å². The van der Waals surface area contributed by atoms with Crippen LogP contribution in [-0.4, -0.2) is 10.9 Å². The van der Waals surface area contributed by atoms with Crippen LogP contribution in [0.25, 0.3) is 54.9 Å². The fraction of sp³-hybridized carbons (Fsp3) is 0.0400. The molecule has 0 amide bonds. The summed E-state index contributed by atoms with van der Waals surface area (Å²) < 4.78 is 0. The standard InChI is InChI=1S/C50H32N4O2/c51-45-35(25-23-27-11-9-21-39(41(27)45)52-46-33-17-3-1-13-29(33)30-14-2-4-18-34(30)46)43-48(55)44(49(43)56)36-26-24-28-12-10-22-40-42(28)47(36)54-50(53-40)37-19-7-5-15-31(37)32-16-6-8-20-38(32)50/h1-26,46,52-53,55H,51H2. The predicted octanol–water partition coefficient (Wildman–Crippen LogP) is 9.39. The van der Waals surface area contributed by atoms with Crippen molar-refractivity contribution in [2.75, 3.05) is 16.4 Å². The quantitative estimate of drug-likeness (QED) is 0.136. The minimum absolute atomic E-state index is 0.0757. The molecular formula is C50H32N4O2. The van der Waals surface area contributed by atoms with Gasteiger partial charge in [-0.1, -0.05) is 146 Å². The van der Waals surface area contributed by atoms with Gasteiger partial charge in [0.05, 0.1) is 22.5 Å². The highest BCUT2D eigenvalue weighted by Crippen LogP contribution is 2.52. The normalized spacial score (nSPS) is 16.5. The van der Waals surface area contributed by atoms with Crippen molar-refractivity contribution in [1.29, 1.82) is 0 Å². The number of hydrogen-bond acceptors (Lipinski definition) is 6. The first-order valence-corrected chi connectivity index (χ1v) is 18.9. The Labute approximate surface area is 321 Å². The highest BCUT2D eigenvalue weighted by molar-refractivity contribution is 6.52. The molecule has 56 heavy (non-hydrogen) atoms. The van der Waals surface area contributed by atoms with Gasteiger partial charge < -0.3 is 21.5 Å². The van der Waals surface area contributed by atoms with E-state index in [9.17, 15) is 9.90 Å². The fourth-order valence-corrected chi connectivity index (χ4v) is 9.75. The molecule has 0 bridgehead atoms. The first-order valence-electron chi connectivity index (χ1n) is 18.9. The largest absolute Gasteiger partial charge is 0.506 e. The monoisotopic (exact) mass is 720 g/mol. The van der Waals surface area contributed by atoms with E-state index in [2.05, 4.69) is 108 Å². The third-order valence-corrected chi connectivity index (χ3v) is 12.2. The van der Waals surface area contributed by atoms with Gasteiger partial charge in [0.25, 0.3) is 0 Å². The number of ketones is 1. The predicted molar refractivity (Wildman–Crippen MR) is 225 cm³/mol. The number of aliphatic hydroxyl groups is 1. The Bertz CT molecular complexity index is 3180. The van der Waals surface area contributed by atoms with Crippen molar-refractivity contribution in [2.45, 2.75) is 11.7 Å². The maximum Gasteiger partial charge on any atom is 0.201 e. The van der Waals surface area contributed by atoms with E-state index in [-0.39, 0.29) is 28.7 Å². The summed E-state index contributed by atoms with van der Waals surface area (Å²) in [7, 11) is 0. The highest BCUT2D eigenvalue weighted by Gasteiger charge is 2.45. The molecule has 1 spiro atoms. The molecule has 5 N–H and O–H groups in total. The molecule has 3 aliphatic carbocycles. The minimum Gasteiger partial charge on any atom is -0.506 e. The number of fused-ring (bicyclic) bond motifs is 9. The number of carbonyl (C=O) groups is 1. The number of allylic oxidation sites excluding steroid dienone is 2. The van der Waals surface area contributed by atoms with Crippen LogP contribution in [0.1, 0.15) is 33.9 Å². The smallest absolute Gasteiger partial charge is 0.201 e. The summed E-state index contributed by atoms with van der Waals surface area (Å²) in [5, 5.41) is 24.6. The number of Topliss-reactive ketones (excluding diaryl/α,β-unsaturated/α-hetero) is 1. The molecule has 1 aliphatic heterocycles. The number of benzene rings is 8. The van der Waals surface area contributed by atoms with E-state index in [1.807, 2.05) is 60.7 Å². The molecule has 1 heterocycles. The average Bonchev–Trinajstić information content (AvgIpc) is 3.69. The van der Waals surface area contributed by atoms with Gasteiger partial charge in [-0.2, -0.15) is 0 Å². The lowest BCUT2D eigenvalue weighted by Crippen LogP contribution is -2.44. The van der Waals surface area contributed by atoms with Crippen molar-refractivity contribution in [3.63, 3.8) is 0 Å². The van der Waals surface area contributed by atoms with Crippen molar-refractivity contribution in [1.82, 2.24) is 0 Å². The molecule has 0 atom stereocenters. The van der Waals surface area contributed by atoms with Gasteiger partial charge >= 0.3 is 0 Å². The van der Waals surface area contributed by atoms with Crippen LogP contribution >= 0.6 is 0 Å². The molecule has 0 saturated heterocycles. The molecule has 6 heteroatoms. The molecule has 0 unspecified atom stereocenters. The third kappa shape index (κ3) is 3.94. The molecule has 8 aromatic rings. The Kier molecular flexibility index (Phi) is 6.11. The summed E-state index contributed by atoms with van der Waals surface area (Å²) in [4.78, 5) is 20.1. The molecule has 0 radical (unpaired) electrons. The van der Waals surface area contributed by atoms with Crippen LogP contribution in [0.4, 0.5) is 17.1 Å². The fourth-order valence-electron chi connectivity index (χ4n) is 9.75. The van der Waals surface area contributed by atoms with Gasteiger partial charge in [-0.15, -0.1) is 0 Å². The van der Waals surface area contributed by atoms with Gasteiger partial charge in [0.15, 0.2) is 5.66 Å². The summed E-state index contributed by atoms with van der Waals surface area (Å²) >= 11 is 0. The average molecular weight is 721 g/mol. The van der Waals surface area contributed by atoms with Crippen LogP contribution in [0.5, 0.6) is 0 Å². The SMILES string of the molecule is Nc1c(C2=C(O)C(=c3ccc4cccc5c4c3=NC3(N5)c4ccccc4-c4ccccc43)C2=O)ccc2cccc(NC3c4ccccc4-c4ccccc43)c12. The van der Waals surface area contributed by atoms with E-state index in [1.54, 1.807) is 0 Å². The zero-order valence-electron chi connectivity index (χ0n) is 30.0. The van der Waals surface area contributed by atoms with Crippen LogP contribution in [-0.2, 0) is 10.5 Å². The number of anilines is 3. The number of nitrogens with one attached hydrogen (secondary N) is 2. The van der Waals surface area contributed by atoms with E-state index in [1.165, 1.54) is 22.3 Å². The van der Waals surface area contributed by atoms with Crippen molar-refractivity contribution in [2.24, 2.45) is 4.99 Å². The molecular weight excluding hydrogens is 689 g/mol. The van der Waals surface area contributed by atoms with Gasteiger partial charge in [0, 0.05) is 49.7 Å². The highest BCUT2D eigenvalue weighted by atomic mass is 16.3. The molecule has 12 rings (SSSR count). The van der Waals surface area contributed by atoms with Crippen LogP contribution < -0.4 is 26.9 Å². The van der Waals surface area contributed by atoms with Crippen molar-refractivity contribution in [3.8, 4) is 22.3 Å². The van der Waals surface area contributed by atoms with E-state index in [4.69, 9.17) is 10.7 Å².